The molecule has 0 aliphatic heterocycles. The zero-order valence-corrected chi connectivity index (χ0v) is 13.3. The molecule has 0 radical (unpaired) electrons. The molecule has 2 aromatic rings. The molecule has 4 nitrogen and oxygen atoms in total. The van der Waals surface area contributed by atoms with Gasteiger partial charge < -0.3 is 9.64 Å². The average molecular weight is 311 g/mol. The first-order valence-electron chi connectivity index (χ1n) is 8.10. The summed E-state index contributed by atoms with van der Waals surface area (Å²) in [6.07, 6.45) is 2.27. The first-order chi connectivity index (χ1) is 11.2. The summed E-state index contributed by atoms with van der Waals surface area (Å²) in [6.45, 7) is 2.18. The Hall–Kier alpha value is -2.36. The van der Waals surface area contributed by atoms with Crippen LogP contribution in [0.15, 0.2) is 42.5 Å². The van der Waals surface area contributed by atoms with Gasteiger partial charge in [-0.1, -0.05) is 42.5 Å². The molecule has 1 fully saturated rings. The van der Waals surface area contributed by atoms with Gasteiger partial charge in [0.2, 0.25) is 5.91 Å². The van der Waals surface area contributed by atoms with Gasteiger partial charge in [-0.3, -0.25) is 9.59 Å². The number of benzene rings is 2. The molecule has 0 saturated heterocycles. The summed E-state index contributed by atoms with van der Waals surface area (Å²) < 4.78 is 4.98. The summed E-state index contributed by atoms with van der Waals surface area (Å²) in [5.41, 5.74) is 0.975. The summed E-state index contributed by atoms with van der Waals surface area (Å²) in [6, 6.07) is 14.3. The van der Waals surface area contributed by atoms with Crippen LogP contribution in [-0.4, -0.2) is 36.0 Å². The lowest BCUT2D eigenvalue weighted by molar-refractivity contribution is -0.149. The summed E-state index contributed by atoms with van der Waals surface area (Å²) in [5.74, 6) is -0.331. The maximum atomic E-state index is 12.6. The van der Waals surface area contributed by atoms with E-state index in [1.807, 2.05) is 36.4 Å². The number of ether oxygens (including phenoxy) is 1. The van der Waals surface area contributed by atoms with Crippen LogP contribution in [0.1, 0.15) is 25.3 Å². The highest BCUT2D eigenvalue weighted by Crippen LogP contribution is 2.27. The van der Waals surface area contributed by atoms with Crippen molar-refractivity contribution in [2.75, 3.05) is 13.2 Å². The monoisotopic (exact) mass is 311 g/mol. The van der Waals surface area contributed by atoms with E-state index in [0.717, 1.165) is 29.2 Å². The molecule has 0 spiro atoms. The van der Waals surface area contributed by atoms with E-state index in [4.69, 9.17) is 4.74 Å². The molecule has 1 aliphatic rings. The van der Waals surface area contributed by atoms with E-state index in [2.05, 4.69) is 6.07 Å². The van der Waals surface area contributed by atoms with E-state index < -0.39 is 0 Å². The summed E-state index contributed by atoms with van der Waals surface area (Å²) >= 11 is 0. The molecular formula is C19H21NO3. The third kappa shape index (κ3) is 3.89. The standard InChI is InChI=1S/C19H21NO3/c1-2-23-19(22)13-20(17-9-10-17)18(21)12-14-7-8-15-5-3-4-6-16(15)11-14/h3-8,11,17H,2,9-10,12-13H2,1H3. The number of fused-ring (bicyclic) bond motifs is 1. The maximum absolute atomic E-state index is 12.6. The largest absolute Gasteiger partial charge is 0.465 e. The predicted octanol–water partition coefficient (Wildman–Crippen LogP) is 2.94. The first kappa shape index (κ1) is 15.5. The van der Waals surface area contributed by atoms with Gasteiger partial charge in [0.25, 0.3) is 0 Å². The van der Waals surface area contributed by atoms with Crippen LogP contribution in [0.4, 0.5) is 0 Å². The Morgan fingerprint density at radius 1 is 1.13 bits per heavy atom. The SMILES string of the molecule is CCOC(=O)CN(C(=O)Cc1ccc2ccccc2c1)C1CC1. The van der Waals surface area contributed by atoms with Crippen molar-refractivity contribution in [1.29, 1.82) is 0 Å². The Kier molecular flexibility index (Phi) is 4.60. The van der Waals surface area contributed by atoms with Crippen molar-refractivity contribution in [3.8, 4) is 0 Å². The van der Waals surface area contributed by atoms with Crippen molar-refractivity contribution in [3.63, 3.8) is 0 Å². The van der Waals surface area contributed by atoms with Crippen molar-refractivity contribution in [2.45, 2.75) is 32.2 Å². The Bertz CT molecular complexity index is 721. The lowest BCUT2D eigenvalue weighted by Gasteiger charge is -2.21. The van der Waals surface area contributed by atoms with Crippen molar-refractivity contribution >= 4 is 22.6 Å². The Morgan fingerprint density at radius 2 is 1.87 bits per heavy atom. The molecule has 0 unspecified atom stereocenters. The molecule has 0 heterocycles. The number of carbonyl (C=O) groups excluding carboxylic acids is 2. The molecule has 0 bridgehead atoms. The number of rotatable bonds is 6. The van der Waals surface area contributed by atoms with Crippen LogP contribution in [0.2, 0.25) is 0 Å². The molecule has 0 aromatic heterocycles. The summed E-state index contributed by atoms with van der Waals surface area (Å²) in [7, 11) is 0. The van der Waals surface area contributed by atoms with E-state index in [0.29, 0.717) is 13.0 Å². The smallest absolute Gasteiger partial charge is 0.325 e. The average Bonchev–Trinajstić information content (AvgIpc) is 3.37. The van der Waals surface area contributed by atoms with Crippen LogP contribution < -0.4 is 0 Å². The Balaban J connectivity index is 1.71. The minimum atomic E-state index is -0.328. The van der Waals surface area contributed by atoms with Crippen molar-refractivity contribution in [3.05, 3.63) is 48.0 Å². The first-order valence-corrected chi connectivity index (χ1v) is 8.10. The molecule has 1 saturated carbocycles. The molecule has 0 atom stereocenters. The third-order valence-corrected chi connectivity index (χ3v) is 4.08. The quantitative estimate of drug-likeness (QED) is 0.771. The fourth-order valence-corrected chi connectivity index (χ4v) is 2.78. The highest BCUT2D eigenvalue weighted by atomic mass is 16.5. The molecule has 4 heteroatoms. The van der Waals surface area contributed by atoms with E-state index >= 15 is 0 Å². The minimum Gasteiger partial charge on any atom is -0.465 e. The van der Waals surface area contributed by atoms with E-state index in [1.54, 1.807) is 11.8 Å². The zero-order chi connectivity index (χ0) is 16.2. The molecule has 2 aromatic carbocycles. The second-order valence-electron chi connectivity index (χ2n) is 5.92. The number of amides is 1. The van der Waals surface area contributed by atoms with Crippen LogP contribution in [0.25, 0.3) is 10.8 Å². The number of carbonyl (C=O) groups is 2. The molecule has 1 aliphatic carbocycles. The molecule has 1 amide bonds. The van der Waals surface area contributed by atoms with E-state index in [9.17, 15) is 9.59 Å². The van der Waals surface area contributed by atoms with Crippen LogP contribution in [0, 0.1) is 0 Å². The van der Waals surface area contributed by atoms with Crippen LogP contribution in [-0.2, 0) is 20.7 Å². The highest BCUT2D eigenvalue weighted by molar-refractivity contribution is 5.87. The van der Waals surface area contributed by atoms with E-state index in [-0.39, 0.29) is 24.5 Å². The Morgan fingerprint density at radius 3 is 2.57 bits per heavy atom. The zero-order valence-electron chi connectivity index (χ0n) is 13.3. The van der Waals surface area contributed by atoms with Gasteiger partial charge in [0.05, 0.1) is 13.0 Å². The highest BCUT2D eigenvalue weighted by Gasteiger charge is 2.34. The second-order valence-corrected chi connectivity index (χ2v) is 5.92. The second kappa shape index (κ2) is 6.82. The van der Waals surface area contributed by atoms with Gasteiger partial charge in [-0.05, 0) is 36.1 Å². The van der Waals surface area contributed by atoms with Gasteiger partial charge in [-0.15, -0.1) is 0 Å². The fraction of sp³-hybridized carbons (Fsp3) is 0.368. The van der Waals surface area contributed by atoms with Gasteiger partial charge in [0, 0.05) is 6.04 Å². The van der Waals surface area contributed by atoms with Crippen molar-refractivity contribution in [1.82, 2.24) is 4.90 Å². The number of esters is 1. The van der Waals surface area contributed by atoms with Crippen molar-refractivity contribution < 1.29 is 14.3 Å². The third-order valence-electron chi connectivity index (χ3n) is 4.08. The van der Waals surface area contributed by atoms with Crippen LogP contribution in [0.3, 0.4) is 0 Å². The minimum absolute atomic E-state index is 0.00386. The maximum Gasteiger partial charge on any atom is 0.325 e. The van der Waals surface area contributed by atoms with Crippen LogP contribution in [0.5, 0.6) is 0 Å². The summed E-state index contributed by atoms with van der Waals surface area (Å²) in [4.78, 5) is 26.0. The lowest BCUT2D eigenvalue weighted by Crippen LogP contribution is -2.39. The van der Waals surface area contributed by atoms with Gasteiger partial charge in [-0.25, -0.2) is 0 Å². The number of hydrogen-bond donors (Lipinski definition) is 0. The van der Waals surface area contributed by atoms with Gasteiger partial charge in [-0.2, -0.15) is 0 Å². The Labute approximate surface area is 136 Å². The molecular weight excluding hydrogens is 290 g/mol. The predicted molar refractivity (Wildman–Crippen MR) is 89.0 cm³/mol. The van der Waals surface area contributed by atoms with Gasteiger partial charge >= 0.3 is 5.97 Å². The van der Waals surface area contributed by atoms with E-state index in [1.165, 1.54) is 0 Å². The van der Waals surface area contributed by atoms with Gasteiger partial charge in [0.1, 0.15) is 6.54 Å². The number of nitrogens with zero attached hydrogens (tertiary/aromatic N) is 1. The topological polar surface area (TPSA) is 46.6 Å². The lowest BCUT2D eigenvalue weighted by atomic mass is 10.0. The van der Waals surface area contributed by atoms with Gasteiger partial charge in [0.15, 0.2) is 0 Å². The fourth-order valence-electron chi connectivity index (χ4n) is 2.78. The molecule has 3 rings (SSSR count). The normalized spacial score (nSPS) is 13.8. The number of hydrogen-bond acceptors (Lipinski definition) is 3. The molecule has 0 N–H and O–H groups in total. The molecule has 120 valence electrons. The molecule has 23 heavy (non-hydrogen) atoms. The van der Waals surface area contributed by atoms with Crippen LogP contribution >= 0.6 is 0 Å². The van der Waals surface area contributed by atoms with Crippen molar-refractivity contribution in [2.24, 2.45) is 0 Å². The summed E-state index contributed by atoms with van der Waals surface area (Å²) in [5, 5.41) is 2.29.